The van der Waals surface area contributed by atoms with Crippen LogP contribution in [0.1, 0.15) is 29.9 Å². The number of aromatic nitrogens is 1. The molecule has 0 aliphatic carbocycles. The summed E-state index contributed by atoms with van der Waals surface area (Å²) in [6.07, 6.45) is 0.788. The monoisotopic (exact) mass is 219 g/mol. The van der Waals surface area contributed by atoms with Crippen molar-refractivity contribution in [3.05, 3.63) is 29.5 Å². The van der Waals surface area contributed by atoms with Crippen molar-refractivity contribution in [2.45, 2.75) is 20.3 Å². The molecule has 4 nitrogen and oxygen atoms in total. The fourth-order valence-corrected chi connectivity index (χ4v) is 1.71. The Morgan fingerprint density at radius 1 is 1.50 bits per heavy atom. The van der Waals surface area contributed by atoms with Gasteiger partial charge in [0.05, 0.1) is 5.69 Å². The molecule has 0 spiro atoms. The van der Waals surface area contributed by atoms with Crippen molar-refractivity contribution in [3.8, 4) is 0 Å². The smallest absolute Gasteiger partial charge is 0.339 e. The van der Waals surface area contributed by atoms with Crippen LogP contribution in [0.5, 0.6) is 0 Å². The van der Waals surface area contributed by atoms with Gasteiger partial charge in [-0.3, -0.25) is 0 Å². The molecule has 0 bridgehead atoms. The predicted molar refractivity (Wildman–Crippen MR) is 59.5 cm³/mol. The highest BCUT2D eigenvalue weighted by Gasteiger charge is 2.16. The van der Waals surface area contributed by atoms with Crippen molar-refractivity contribution in [2.24, 2.45) is 5.92 Å². The topological polar surface area (TPSA) is 63.3 Å². The van der Waals surface area contributed by atoms with Crippen LogP contribution in [0.15, 0.2) is 22.7 Å². The largest absolute Gasteiger partial charge is 0.478 e. The lowest BCUT2D eigenvalue weighted by Gasteiger charge is -2.00. The molecule has 2 aromatic rings. The Morgan fingerprint density at radius 2 is 2.25 bits per heavy atom. The molecule has 1 N–H and O–H groups in total. The molecule has 0 radical (unpaired) electrons. The van der Waals surface area contributed by atoms with Gasteiger partial charge >= 0.3 is 5.97 Å². The van der Waals surface area contributed by atoms with Crippen LogP contribution in [-0.2, 0) is 6.42 Å². The van der Waals surface area contributed by atoms with E-state index in [9.17, 15) is 4.79 Å². The molecule has 1 heterocycles. The van der Waals surface area contributed by atoms with E-state index in [-0.39, 0.29) is 5.56 Å². The van der Waals surface area contributed by atoms with Crippen LogP contribution in [0.25, 0.3) is 11.0 Å². The fraction of sp³-hybridized carbons (Fsp3) is 0.333. The average Bonchev–Trinajstić information content (AvgIpc) is 2.60. The summed E-state index contributed by atoms with van der Waals surface area (Å²) in [5, 5.41) is 13.7. The van der Waals surface area contributed by atoms with Crippen LogP contribution < -0.4 is 0 Å². The van der Waals surface area contributed by atoms with Gasteiger partial charge in [-0.15, -0.1) is 0 Å². The first-order chi connectivity index (χ1) is 7.59. The highest BCUT2D eigenvalue weighted by atomic mass is 16.5. The fourth-order valence-electron chi connectivity index (χ4n) is 1.71. The Kier molecular flexibility index (Phi) is 2.64. The number of nitrogens with zero attached hydrogens (tertiary/aromatic N) is 1. The minimum absolute atomic E-state index is 0.167. The molecule has 0 aliphatic heterocycles. The maximum atomic E-state index is 11.0. The zero-order valence-corrected chi connectivity index (χ0v) is 9.23. The quantitative estimate of drug-likeness (QED) is 0.862. The van der Waals surface area contributed by atoms with Gasteiger partial charge in [-0.1, -0.05) is 25.1 Å². The van der Waals surface area contributed by atoms with Crippen LogP contribution in [0.3, 0.4) is 0 Å². The predicted octanol–water partition coefficient (Wildman–Crippen LogP) is 2.72. The normalized spacial score (nSPS) is 11.2. The molecular formula is C12H13NO3. The summed E-state index contributed by atoms with van der Waals surface area (Å²) in [6.45, 7) is 4.17. The molecule has 1 aromatic heterocycles. The molecule has 0 amide bonds. The summed E-state index contributed by atoms with van der Waals surface area (Å²) in [5.74, 6) is -0.528. The third kappa shape index (κ3) is 1.78. The number of hydrogen-bond acceptors (Lipinski definition) is 3. The zero-order valence-electron chi connectivity index (χ0n) is 9.23. The number of rotatable bonds is 3. The Labute approximate surface area is 92.9 Å². The number of fused-ring (bicyclic) bond motifs is 1. The number of para-hydroxylation sites is 1. The van der Waals surface area contributed by atoms with E-state index in [0.717, 1.165) is 17.5 Å². The Balaban J connectivity index is 2.57. The van der Waals surface area contributed by atoms with Crippen molar-refractivity contribution in [1.29, 1.82) is 0 Å². The molecule has 0 saturated heterocycles. The molecule has 0 fully saturated rings. The number of aromatic carboxylic acids is 1. The van der Waals surface area contributed by atoms with E-state index in [1.165, 1.54) is 6.07 Å². The van der Waals surface area contributed by atoms with Crippen LogP contribution in [0.4, 0.5) is 0 Å². The molecular weight excluding hydrogens is 206 g/mol. The highest BCUT2D eigenvalue weighted by Crippen LogP contribution is 2.24. The average molecular weight is 219 g/mol. The van der Waals surface area contributed by atoms with Crippen LogP contribution >= 0.6 is 0 Å². The van der Waals surface area contributed by atoms with Gasteiger partial charge in [-0.25, -0.2) is 4.79 Å². The Hall–Kier alpha value is -1.84. The molecule has 2 rings (SSSR count). The first-order valence-electron chi connectivity index (χ1n) is 5.20. The third-order valence-electron chi connectivity index (χ3n) is 2.41. The van der Waals surface area contributed by atoms with Gasteiger partial charge in [0.25, 0.3) is 0 Å². The number of carbonyl (C=O) groups is 1. The maximum Gasteiger partial charge on any atom is 0.339 e. The molecule has 0 saturated carbocycles. The van der Waals surface area contributed by atoms with Gasteiger partial charge in [0.15, 0.2) is 5.58 Å². The lowest BCUT2D eigenvalue weighted by Crippen LogP contribution is -1.97. The van der Waals surface area contributed by atoms with Crippen molar-refractivity contribution in [1.82, 2.24) is 5.16 Å². The standard InChI is InChI=1S/C12H13NO3/c1-7(2)6-10-8-4-3-5-9(12(14)15)11(8)16-13-10/h3-5,7H,6H2,1-2H3,(H,14,15). The molecule has 0 aliphatic rings. The summed E-state index contributed by atoms with van der Waals surface area (Å²) in [5.41, 5.74) is 1.36. The number of benzene rings is 1. The van der Waals surface area contributed by atoms with Gasteiger partial charge < -0.3 is 9.63 Å². The maximum absolute atomic E-state index is 11.0. The summed E-state index contributed by atoms with van der Waals surface area (Å²) >= 11 is 0. The van der Waals surface area contributed by atoms with E-state index in [4.69, 9.17) is 9.63 Å². The molecule has 16 heavy (non-hydrogen) atoms. The summed E-state index contributed by atoms with van der Waals surface area (Å²) < 4.78 is 5.11. The van der Waals surface area contributed by atoms with E-state index in [1.54, 1.807) is 6.07 Å². The van der Waals surface area contributed by atoms with E-state index >= 15 is 0 Å². The summed E-state index contributed by atoms with van der Waals surface area (Å²) in [7, 11) is 0. The van der Waals surface area contributed by atoms with Crippen LogP contribution in [-0.4, -0.2) is 16.2 Å². The van der Waals surface area contributed by atoms with Gasteiger partial charge in [0, 0.05) is 5.39 Å². The van der Waals surface area contributed by atoms with Gasteiger partial charge in [0.1, 0.15) is 5.56 Å². The molecule has 4 heteroatoms. The third-order valence-corrected chi connectivity index (χ3v) is 2.41. The van der Waals surface area contributed by atoms with E-state index in [0.29, 0.717) is 11.5 Å². The van der Waals surface area contributed by atoms with E-state index < -0.39 is 5.97 Å². The van der Waals surface area contributed by atoms with Crippen LogP contribution in [0, 0.1) is 5.92 Å². The SMILES string of the molecule is CC(C)Cc1noc2c(C(=O)O)cccc12. The van der Waals surface area contributed by atoms with E-state index in [2.05, 4.69) is 19.0 Å². The second-order valence-corrected chi connectivity index (χ2v) is 4.21. The van der Waals surface area contributed by atoms with Gasteiger partial charge in [-0.2, -0.15) is 0 Å². The summed E-state index contributed by atoms with van der Waals surface area (Å²) in [6, 6.07) is 5.08. The molecule has 0 atom stereocenters. The molecule has 1 aromatic carbocycles. The highest BCUT2D eigenvalue weighted by molar-refractivity contribution is 6.01. The van der Waals surface area contributed by atoms with Crippen LogP contribution in [0.2, 0.25) is 0 Å². The van der Waals surface area contributed by atoms with Crippen molar-refractivity contribution < 1.29 is 14.4 Å². The number of carboxylic acids is 1. The summed E-state index contributed by atoms with van der Waals surface area (Å²) in [4.78, 5) is 11.0. The van der Waals surface area contributed by atoms with E-state index in [1.807, 2.05) is 6.07 Å². The first kappa shape index (κ1) is 10.7. The lowest BCUT2D eigenvalue weighted by atomic mass is 10.0. The first-order valence-corrected chi connectivity index (χ1v) is 5.20. The number of hydrogen-bond donors (Lipinski definition) is 1. The van der Waals surface area contributed by atoms with Crippen molar-refractivity contribution >= 4 is 16.9 Å². The Morgan fingerprint density at radius 3 is 2.88 bits per heavy atom. The lowest BCUT2D eigenvalue weighted by molar-refractivity contribution is 0.0697. The number of carboxylic acid groups (broad SMARTS) is 1. The van der Waals surface area contributed by atoms with Crippen molar-refractivity contribution in [2.75, 3.05) is 0 Å². The zero-order chi connectivity index (χ0) is 11.7. The van der Waals surface area contributed by atoms with Crippen molar-refractivity contribution in [3.63, 3.8) is 0 Å². The minimum atomic E-state index is -0.988. The molecule has 0 unspecified atom stereocenters. The second kappa shape index (κ2) is 3.96. The Bertz CT molecular complexity index is 528. The van der Waals surface area contributed by atoms with Gasteiger partial charge in [-0.05, 0) is 24.5 Å². The van der Waals surface area contributed by atoms with Gasteiger partial charge in [0.2, 0.25) is 0 Å². The second-order valence-electron chi connectivity index (χ2n) is 4.21. The molecule has 84 valence electrons. The minimum Gasteiger partial charge on any atom is -0.478 e.